The van der Waals surface area contributed by atoms with Gasteiger partial charge in [-0.15, -0.1) is 11.3 Å². The number of hydrogen-bond acceptors (Lipinski definition) is 5. The Labute approximate surface area is 205 Å². The van der Waals surface area contributed by atoms with Gasteiger partial charge in [0.15, 0.2) is 0 Å². The molecule has 3 amide bonds. The van der Waals surface area contributed by atoms with Crippen molar-refractivity contribution in [2.24, 2.45) is 5.92 Å². The van der Waals surface area contributed by atoms with E-state index in [2.05, 4.69) is 6.92 Å². The van der Waals surface area contributed by atoms with E-state index >= 15 is 0 Å². The van der Waals surface area contributed by atoms with Crippen LogP contribution in [0.4, 0.5) is 0 Å². The predicted octanol–water partition coefficient (Wildman–Crippen LogP) is 3.82. The first-order valence-corrected chi connectivity index (χ1v) is 13.0. The number of thiophene rings is 1. The number of benzene rings is 1. The van der Waals surface area contributed by atoms with E-state index in [0.717, 1.165) is 29.0 Å². The van der Waals surface area contributed by atoms with Crippen LogP contribution in [0.25, 0.3) is 0 Å². The molecule has 1 aromatic carbocycles. The van der Waals surface area contributed by atoms with Gasteiger partial charge in [-0.05, 0) is 42.0 Å². The van der Waals surface area contributed by atoms with E-state index in [1.165, 1.54) is 11.3 Å². The van der Waals surface area contributed by atoms with Crippen LogP contribution >= 0.6 is 11.3 Å². The number of nitrogens with zero attached hydrogens (tertiary/aromatic N) is 3. The maximum absolute atomic E-state index is 13.8. The standard InChI is InChI=1S/C26H33N3O4S/c1-3-4-13-29-23(30)12-11-21(24(29)19-7-9-20(33-2)10-8-19)25(31)27-14-16-28(17-15-27)26(32)22-6-5-18-34-22/h5-10,18,21,24H,3-4,11-17H2,1-2H3/t21-,24-/m0/s1. The van der Waals surface area contributed by atoms with Crippen molar-refractivity contribution in [3.63, 3.8) is 0 Å². The van der Waals surface area contributed by atoms with Crippen molar-refractivity contribution in [3.05, 3.63) is 52.2 Å². The maximum atomic E-state index is 13.8. The maximum Gasteiger partial charge on any atom is 0.264 e. The van der Waals surface area contributed by atoms with E-state index in [4.69, 9.17) is 4.74 Å². The lowest BCUT2D eigenvalue weighted by Gasteiger charge is -2.44. The summed E-state index contributed by atoms with van der Waals surface area (Å²) in [4.78, 5) is 45.7. The molecule has 0 radical (unpaired) electrons. The molecule has 1 aromatic heterocycles. The third-order valence-corrected chi connectivity index (χ3v) is 7.70. The van der Waals surface area contributed by atoms with Gasteiger partial charge >= 0.3 is 0 Å². The zero-order chi connectivity index (χ0) is 24.1. The fourth-order valence-corrected chi connectivity index (χ4v) is 5.63. The Kier molecular flexibility index (Phi) is 7.88. The second-order valence-corrected chi connectivity index (χ2v) is 9.85. The molecule has 0 spiro atoms. The Bertz CT molecular complexity index is 984. The molecule has 182 valence electrons. The summed E-state index contributed by atoms with van der Waals surface area (Å²) < 4.78 is 5.31. The third-order valence-electron chi connectivity index (χ3n) is 6.84. The van der Waals surface area contributed by atoms with Crippen LogP contribution < -0.4 is 4.74 Å². The Morgan fingerprint density at radius 3 is 2.38 bits per heavy atom. The molecule has 4 rings (SSSR count). The molecule has 0 N–H and O–H groups in total. The normalized spacial score (nSPS) is 21.0. The SMILES string of the molecule is CCCCN1C(=O)CC[C@H](C(=O)N2CCN(C(=O)c3cccs3)CC2)[C@@H]1c1ccc(OC)cc1. The van der Waals surface area contributed by atoms with Crippen LogP contribution in [0.2, 0.25) is 0 Å². The van der Waals surface area contributed by atoms with Gasteiger partial charge in [0.05, 0.1) is 23.9 Å². The van der Waals surface area contributed by atoms with Gasteiger partial charge in [0, 0.05) is 39.1 Å². The molecular formula is C26H33N3O4S. The van der Waals surface area contributed by atoms with Crippen molar-refractivity contribution < 1.29 is 19.1 Å². The summed E-state index contributed by atoms with van der Waals surface area (Å²) in [5.74, 6) is 0.692. The monoisotopic (exact) mass is 483 g/mol. The molecule has 2 aliphatic heterocycles. The van der Waals surface area contributed by atoms with Crippen LogP contribution in [0.1, 0.15) is 53.9 Å². The average Bonchev–Trinajstić information content (AvgIpc) is 3.42. The molecule has 0 aliphatic carbocycles. The first kappa shape index (κ1) is 24.3. The van der Waals surface area contributed by atoms with Gasteiger partial charge in [0.2, 0.25) is 11.8 Å². The van der Waals surface area contributed by atoms with Crippen molar-refractivity contribution in [1.82, 2.24) is 14.7 Å². The van der Waals surface area contributed by atoms with Crippen molar-refractivity contribution >= 4 is 29.1 Å². The Hall–Kier alpha value is -2.87. The number of hydrogen-bond donors (Lipinski definition) is 0. The van der Waals surface area contributed by atoms with Gasteiger partial charge < -0.3 is 19.4 Å². The van der Waals surface area contributed by atoms with Gasteiger partial charge in [0.1, 0.15) is 5.75 Å². The van der Waals surface area contributed by atoms with Gasteiger partial charge in [0.25, 0.3) is 5.91 Å². The number of carbonyl (C=O) groups is 3. The Morgan fingerprint density at radius 1 is 1.06 bits per heavy atom. The lowest BCUT2D eigenvalue weighted by Crippen LogP contribution is -2.55. The number of piperidine rings is 1. The summed E-state index contributed by atoms with van der Waals surface area (Å²) in [7, 11) is 1.63. The third kappa shape index (κ3) is 5.12. The average molecular weight is 484 g/mol. The van der Waals surface area contributed by atoms with Gasteiger partial charge in [-0.1, -0.05) is 31.5 Å². The van der Waals surface area contributed by atoms with E-state index in [-0.39, 0.29) is 29.7 Å². The van der Waals surface area contributed by atoms with Crippen molar-refractivity contribution in [3.8, 4) is 5.75 Å². The molecule has 0 unspecified atom stereocenters. The number of methoxy groups -OCH3 is 1. The van der Waals surface area contributed by atoms with E-state index in [1.807, 2.05) is 56.5 Å². The predicted molar refractivity (Wildman–Crippen MR) is 132 cm³/mol. The number of unbranched alkanes of at least 4 members (excludes halogenated alkanes) is 1. The molecule has 2 atom stereocenters. The van der Waals surface area contributed by atoms with Gasteiger partial charge in [-0.2, -0.15) is 0 Å². The zero-order valence-corrected chi connectivity index (χ0v) is 20.8. The summed E-state index contributed by atoms with van der Waals surface area (Å²) in [6.45, 7) is 4.85. The Balaban J connectivity index is 1.51. The van der Waals surface area contributed by atoms with E-state index < -0.39 is 0 Å². The molecular weight excluding hydrogens is 450 g/mol. The number of piperazine rings is 1. The minimum absolute atomic E-state index is 0.0345. The second kappa shape index (κ2) is 11.0. The quantitative estimate of drug-likeness (QED) is 0.600. The van der Waals surface area contributed by atoms with Crippen LogP contribution in [-0.4, -0.2) is 72.3 Å². The molecule has 0 saturated carbocycles. The minimum atomic E-state index is -0.289. The lowest BCUT2D eigenvalue weighted by molar-refractivity contribution is -0.149. The summed E-state index contributed by atoms with van der Waals surface area (Å²) in [6.07, 6.45) is 2.83. The smallest absolute Gasteiger partial charge is 0.264 e. The number of ether oxygens (including phenoxy) is 1. The molecule has 0 bridgehead atoms. The van der Waals surface area contributed by atoms with E-state index in [9.17, 15) is 14.4 Å². The largest absolute Gasteiger partial charge is 0.497 e. The number of rotatable bonds is 7. The molecule has 2 aromatic rings. The van der Waals surface area contributed by atoms with E-state index in [1.54, 1.807) is 7.11 Å². The Morgan fingerprint density at radius 2 is 1.76 bits per heavy atom. The van der Waals surface area contributed by atoms with Crippen LogP contribution in [0.3, 0.4) is 0 Å². The minimum Gasteiger partial charge on any atom is -0.497 e. The van der Waals surface area contributed by atoms with Crippen LogP contribution in [0.5, 0.6) is 5.75 Å². The summed E-state index contributed by atoms with van der Waals surface area (Å²) >= 11 is 1.44. The highest BCUT2D eigenvalue weighted by Gasteiger charge is 2.42. The number of likely N-dealkylation sites (tertiary alicyclic amines) is 1. The van der Waals surface area contributed by atoms with Crippen LogP contribution in [0, 0.1) is 5.92 Å². The highest BCUT2D eigenvalue weighted by molar-refractivity contribution is 7.12. The fraction of sp³-hybridized carbons (Fsp3) is 0.500. The van der Waals surface area contributed by atoms with Crippen LogP contribution in [0.15, 0.2) is 41.8 Å². The van der Waals surface area contributed by atoms with Crippen molar-refractivity contribution in [2.75, 3.05) is 39.8 Å². The summed E-state index contributed by atoms with van der Waals surface area (Å²) in [5.41, 5.74) is 0.967. The highest BCUT2D eigenvalue weighted by Crippen LogP contribution is 2.39. The molecule has 2 saturated heterocycles. The topological polar surface area (TPSA) is 70.2 Å². The molecule has 3 heterocycles. The van der Waals surface area contributed by atoms with E-state index in [0.29, 0.717) is 45.6 Å². The fourth-order valence-electron chi connectivity index (χ4n) is 4.94. The lowest BCUT2D eigenvalue weighted by atomic mass is 9.83. The van der Waals surface area contributed by atoms with Crippen LogP contribution in [-0.2, 0) is 9.59 Å². The number of amides is 3. The highest BCUT2D eigenvalue weighted by atomic mass is 32.1. The molecule has 2 aliphatic rings. The first-order valence-electron chi connectivity index (χ1n) is 12.1. The summed E-state index contributed by atoms with van der Waals surface area (Å²) in [6, 6.07) is 11.2. The molecule has 2 fully saturated rings. The van der Waals surface area contributed by atoms with Gasteiger partial charge in [-0.3, -0.25) is 14.4 Å². The second-order valence-electron chi connectivity index (χ2n) is 8.90. The first-order chi connectivity index (χ1) is 16.5. The van der Waals surface area contributed by atoms with Gasteiger partial charge in [-0.25, -0.2) is 0 Å². The zero-order valence-electron chi connectivity index (χ0n) is 19.9. The molecule has 34 heavy (non-hydrogen) atoms. The summed E-state index contributed by atoms with van der Waals surface area (Å²) in [5, 5.41) is 1.90. The number of carbonyl (C=O) groups excluding carboxylic acids is 3. The van der Waals surface area contributed by atoms with Crippen molar-refractivity contribution in [1.29, 1.82) is 0 Å². The molecule has 8 heteroatoms. The van der Waals surface area contributed by atoms with Crippen molar-refractivity contribution in [2.45, 2.75) is 38.6 Å². The molecule has 7 nitrogen and oxygen atoms in total.